The van der Waals surface area contributed by atoms with E-state index in [-0.39, 0.29) is 22.6 Å². The number of nitrogens with one attached hydrogen (secondary N) is 2. The van der Waals surface area contributed by atoms with Crippen LogP contribution in [0, 0.1) is 10.5 Å². The Labute approximate surface area is 191 Å². The van der Waals surface area contributed by atoms with Crippen molar-refractivity contribution in [3.05, 3.63) is 56.7 Å². The van der Waals surface area contributed by atoms with Crippen molar-refractivity contribution in [1.82, 2.24) is 5.32 Å². The van der Waals surface area contributed by atoms with Gasteiger partial charge in [0.05, 0.1) is 16.9 Å². The first-order valence-corrected chi connectivity index (χ1v) is 11.2. The molecule has 2 rings (SSSR count). The van der Waals surface area contributed by atoms with Gasteiger partial charge in [-0.1, -0.05) is 6.07 Å². The van der Waals surface area contributed by atoms with Crippen LogP contribution in [-0.4, -0.2) is 38.4 Å². The lowest BCUT2D eigenvalue weighted by atomic mass is 10.1. The van der Waals surface area contributed by atoms with Gasteiger partial charge in [0.2, 0.25) is 0 Å². The monoisotopic (exact) mass is 570 g/mol. The lowest BCUT2D eigenvalue weighted by Crippen LogP contribution is -2.37. The number of ether oxygens (including phenoxy) is 1. The van der Waals surface area contributed by atoms with Crippen molar-refractivity contribution in [3.63, 3.8) is 0 Å². The number of rotatable bonds is 7. The van der Waals surface area contributed by atoms with E-state index >= 15 is 0 Å². The molecule has 0 heterocycles. The molecule has 0 radical (unpaired) electrons. The Balaban J connectivity index is 2.26. The van der Waals surface area contributed by atoms with Gasteiger partial charge in [-0.3, -0.25) is 9.59 Å². The molecule has 2 amide bonds. The molecule has 7 nitrogen and oxygen atoms in total. The number of carbonyl (C=O) groups is 2. The summed E-state index contributed by atoms with van der Waals surface area (Å²) in [5.41, 5.74) is 0.641. The Morgan fingerprint density at radius 3 is 2.42 bits per heavy atom. The normalized spacial score (nSPS) is 12.4. The van der Waals surface area contributed by atoms with Gasteiger partial charge < -0.3 is 15.4 Å². The van der Waals surface area contributed by atoms with Crippen LogP contribution in [0.3, 0.4) is 0 Å². The quantitative estimate of drug-likeness (QED) is 0.350. The topological polar surface area (TPSA) is 102 Å². The molecule has 1 atom stereocenters. The Bertz CT molecular complexity index is 1060. The van der Waals surface area contributed by atoms with E-state index in [0.29, 0.717) is 9.13 Å². The maximum Gasteiger partial charge on any atom is 0.573 e. The van der Waals surface area contributed by atoms with Gasteiger partial charge in [-0.15, -0.1) is 13.2 Å². The van der Waals surface area contributed by atoms with E-state index in [1.54, 1.807) is 12.1 Å². The number of aryl methyl sites for hydroxylation is 1. The molecule has 0 aliphatic carbocycles. The minimum atomic E-state index is -4.84. The van der Waals surface area contributed by atoms with Gasteiger partial charge in [0, 0.05) is 15.3 Å². The van der Waals surface area contributed by atoms with Gasteiger partial charge >= 0.3 is 6.36 Å². The summed E-state index contributed by atoms with van der Waals surface area (Å²) in [6.07, 6.45) is -4.84. The summed E-state index contributed by atoms with van der Waals surface area (Å²) >= 11 is 1.88. The second kappa shape index (κ2) is 10.3. The first-order chi connectivity index (χ1) is 14.4. The lowest BCUT2D eigenvalue weighted by Gasteiger charge is -2.16. The molecule has 0 aliphatic heterocycles. The number of carbonyl (C=O) groups excluding carboxylic acids is 2. The van der Waals surface area contributed by atoms with Crippen molar-refractivity contribution >= 4 is 50.8 Å². The molecule has 2 aromatic carbocycles. The second-order valence-corrected chi connectivity index (χ2v) is 8.72. The van der Waals surface area contributed by atoms with Crippen molar-refractivity contribution in [2.24, 2.45) is 0 Å². The van der Waals surface area contributed by atoms with E-state index in [1.807, 2.05) is 22.6 Å². The SMILES string of the molecule is Cc1cc(OC(F)(F)F)ccc1NC(=O)c1cccc(I)c1C(=O)N[C@@H](C)C[SH](=O)=O. The first kappa shape index (κ1) is 24.9. The number of halogens is 4. The Morgan fingerprint density at radius 1 is 1.16 bits per heavy atom. The van der Waals surface area contributed by atoms with Crippen LogP contribution >= 0.6 is 22.6 Å². The third kappa shape index (κ3) is 7.38. The summed E-state index contributed by atoms with van der Waals surface area (Å²) in [5, 5.41) is 5.11. The molecule has 2 aromatic rings. The van der Waals surface area contributed by atoms with Gasteiger partial charge in [-0.25, -0.2) is 8.42 Å². The highest BCUT2D eigenvalue weighted by Crippen LogP contribution is 2.27. The highest BCUT2D eigenvalue weighted by atomic mass is 127. The third-order valence-electron chi connectivity index (χ3n) is 3.97. The van der Waals surface area contributed by atoms with Gasteiger partial charge in [0.1, 0.15) is 16.5 Å². The van der Waals surface area contributed by atoms with Crippen LogP contribution in [0.5, 0.6) is 5.75 Å². The Morgan fingerprint density at radius 2 is 1.84 bits per heavy atom. The molecular formula is C19H18F3IN2O5S. The number of thiol groups is 1. The van der Waals surface area contributed by atoms with Crippen LogP contribution in [0.2, 0.25) is 0 Å². The molecule has 2 N–H and O–H groups in total. The van der Waals surface area contributed by atoms with Crippen molar-refractivity contribution in [2.75, 3.05) is 11.1 Å². The summed E-state index contributed by atoms with van der Waals surface area (Å²) in [4.78, 5) is 25.5. The van der Waals surface area contributed by atoms with Crippen molar-refractivity contribution in [1.29, 1.82) is 0 Å². The fraction of sp³-hybridized carbons (Fsp3) is 0.263. The van der Waals surface area contributed by atoms with Crippen molar-refractivity contribution < 1.29 is 35.9 Å². The molecule has 12 heteroatoms. The van der Waals surface area contributed by atoms with E-state index in [2.05, 4.69) is 15.4 Å². The van der Waals surface area contributed by atoms with Gasteiger partial charge in [0.25, 0.3) is 11.8 Å². The van der Waals surface area contributed by atoms with Crippen LogP contribution in [0.15, 0.2) is 36.4 Å². The smallest absolute Gasteiger partial charge is 0.406 e. The van der Waals surface area contributed by atoms with Crippen LogP contribution in [-0.2, 0) is 10.7 Å². The number of hydrogen-bond donors (Lipinski definition) is 3. The summed E-state index contributed by atoms with van der Waals surface area (Å²) < 4.78 is 63.1. The molecule has 0 saturated heterocycles. The van der Waals surface area contributed by atoms with E-state index < -0.39 is 40.7 Å². The van der Waals surface area contributed by atoms with Gasteiger partial charge in [0.15, 0.2) is 0 Å². The van der Waals surface area contributed by atoms with E-state index in [9.17, 15) is 31.2 Å². The number of hydrogen-bond acceptors (Lipinski definition) is 5. The van der Waals surface area contributed by atoms with E-state index in [0.717, 1.165) is 12.1 Å². The lowest BCUT2D eigenvalue weighted by molar-refractivity contribution is -0.274. The largest absolute Gasteiger partial charge is 0.573 e. The molecule has 0 aromatic heterocycles. The van der Waals surface area contributed by atoms with Crippen LogP contribution < -0.4 is 15.4 Å². The van der Waals surface area contributed by atoms with Crippen molar-refractivity contribution in [3.8, 4) is 5.75 Å². The van der Waals surface area contributed by atoms with E-state index in [4.69, 9.17) is 0 Å². The zero-order valence-electron chi connectivity index (χ0n) is 16.2. The minimum absolute atomic E-state index is 0.0260. The summed E-state index contributed by atoms with van der Waals surface area (Å²) in [5.74, 6) is -1.95. The summed E-state index contributed by atoms with van der Waals surface area (Å²) in [7, 11) is -2.69. The molecule has 0 spiro atoms. The predicted molar refractivity (Wildman–Crippen MR) is 117 cm³/mol. The van der Waals surface area contributed by atoms with E-state index in [1.165, 1.54) is 26.0 Å². The predicted octanol–water partition coefficient (Wildman–Crippen LogP) is 3.48. The highest BCUT2D eigenvalue weighted by molar-refractivity contribution is 14.1. The summed E-state index contributed by atoms with van der Waals surface area (Å²) in [6.45, 7) is 3.01. The van der Waals surface area contributed by atoms with Crippen LogP contribution in [0.1, 0.15) is 33.2 Å². The number of amides is 2. The maximum absolute atomic E-state index is 12.8. The number of anilines is 1. The van der Waals surface area contributed by atoms with Crippen molar-refractivity contribution in [2.45, 2.75) is 26.3 Å². The molecular weight excluding hydrogens is 552 g/mol. The Kier molecular flexibility index (Phi) is 8.28. The number of alkyl halides is 3. The highest BCUT2D eigenvalue weighted by Gasteiger charge is 2.31. The molecule has 0 aliphatic rings. The maximum atomic E-state index is 12.8. The summed E-state index contributed by atoms with van der Waals surface area (Å²) in [6, 6.07) is 7.37. The zero-order valence-corrected chi connectivity index (χ0v) is 19.3. The molecule has 0 unspecified atom stereocenters. The fourth-order valence-electron chi connectivity index (χ4n) is 2.67. The standard InChI is InChI=1S/C19H18F3IN2O5S/c1-10-8-12(30-19(20,21)22)6-7-15(10)25-17(26)13-4-3-5-14(23)16(13)18(27)24-11(2)9-31(28)29/h3-8,11,31H,9H2,1-2H3,(H,24,27)(H,25,26)/t11-/m0/s1. The number of benzene rings is 2. The first-order valence-electron chi connectivity index (χ1n) is 8.76. The van der Waals surface area contributed by atoms with Gasteiger partial charge in [-0.2, -0.15) is 0 Å². The molecule has 0 bridgehead atoms. The minimum Gasteiger partial charge on any atom is -0.406 e. The van der Waals surface area contributed by atoms with Crippen LogP contribution in [0.25, 0.3) is 0 Å². The fourth-order valence-corrected chi connectivity index (χ4v) is 3.95. The third-order valence-corrected chi connectivity index (χ3v) is 5.71. The molecule has 31 heavy (non-hydrogen) atoms. The Hall–Kier alpha value is -2.35. The second-order valence-electron chi connectivity index (χ2n) is 6.53. The van der Waals surface area contributed by atoms with Crippen LogP contribution in [0.4, 0.5) is 18.9 Å². The zero-order chi connectivity index (χ0) is 23.3. The molecule has 0 fully saturated rings. The molecule has 0 saturated carbocycles. The van der Waals surface area contributed by atoms with Gasteiger partial charge in [-0.05, 0) is 72.3 Å². The average molecular weight is 570 g/mol. The molecule has 168 valence electrons. The average Bonchev–Trinajstić information content (AvgIpc) is 2.61.